The highest BCUT2D eigenvalue weighted by Gasteiger charge is 2.13. The second-order valence-corrected chi connectivity index (χ2v) is 4.79. The molecular formula is C12H18N2O2. The second kappa shape index (κ2) is 4.96. The first-order valence-electron chi connectivity index (χ1n) is 5.34. The third-order valence-corrected chi connectivity index (χ3v) is 2.08. The maximum Gasteiger partial charge on any atom is 0.222 e. The highest BCUT2D eigenvalue weighted by molar-refractivity contribution is 5.77. The highest BCUT2D eigenvalue weighted by atomic mass is 16.1. The molecule has 0 radical (unpaired) electrons. The fourth-order valence-corrected chi connectivity index (χ4v) is 1.44. The van der Waals surface area contributed by atoms with Crippen LogP contribution in [0.3, 0.4) is 0 Å². The molecule has 0 aliphatic heterocycles. The molecule has 0 aliphatic carbocycles. The molecule has 88 valence electrons. The minimum atomic E-state index is -0.207. The molecule has 0 bridgehead atoms. The highest BCUT2D eigenvalue weighted by Crippen LogP contribution is 2.03. The minimum absolute atomic E-state index is 0.00181. The van der Waals surface area contributed by atoms with E-state index in [1.165, 1.54) is 0 Å². The van der Waals surface area contributed by atoms with Crippen LogP contribution in [0.2, 0.25) is 0 Å². The lowest BCUT2D eigenvalue weighted by atomic mass is 10.1. The molecule has 0 aliphatic rings. The maximum absolute atomic E-state index is 11.5. The van der Waals surface area contributed by atoms with Crippen LogP contribution in [0.4, 0.5) is 0 Å². The van der Waals surface area contributed by atoms with Crippen molar-refractivity contribution in [2.24, 2.45) is 0 Å². The van der Waals surface area contributed by atoms with E-state index in [4.69, 9.17) is 0 Å². The van der Waals surface area contributed by atoms with Crippen molar-refractivity contribution in [1.29, 1.82) is 0 Å². The molecule has 0 spiro atoms. The van der Waals surface area contributed by atoms with E-state index >= 15 is 0 Å². The van der Waals surface area contributed by atoms with Gasteiger partial charge >= 0.3 is 0 Å². The fraction of sp³-hybridized carbons (Fsp3) is 0.500. The van der Waals surface area contributed by atoms with E-state index in [0.29, 0.717) is 18.7 Å². The number of aryl methyl sites for hydroxylation is 1. The van der Waals surface area contributed by atoms with Crippen LogP contribution in [0.25, 0.3) is 0 Å². The van der Waals surface area contributed by atoms with Crippen molar-refractivity contribution in [3.05, 3.63) is 24.0 Å². The number of rotatable bonds is 4. The van der Waals surface area contributed by atoms with Gasteiger partial charge in [0.05, 0.1) is 5.69 Å². The summed E-state index contributed by atoms with van der Waals surface area (Å²) in [5, 5.41) is 2.88. The molecule has 4 heteroatoms. The number of aldehydes is 1. The summed E-state index contributed by atoms with van der Waals surface area (Å²) in [5.74, 6) is -0.00181. The average Bonchev–Trinajstić information content (AvgIpc) is 2.59. The predicted octanol–water partition coefficient (Wildman–Crippen LogP) is 1.61. The molecule has 0 saturated carbocycles. The van der Waals surface area contributed by atoms with Crippen LogP contribution >= 0.6 is 0 Å². The third-order valence-electron chi connectivity index (χ3n) is 2.08. The van der Waals surface area contributed by atoms with E-state index < -0.39 is 0 Å². The van der Waals surface area contributed by atoms with Gasteiger partial charge in [0.2, 0.25) is 5.91 Å². The Bertz CT molecular complexity index is 375. The van der Waals surface area contributed by atoms with Crippen molar-refractivity contribution in [1.82, 2.24) is 9.88 Å². The Morgan fingerprint density at radius 2 is 2.19 bits per heavy atom. The molecule has 1 heterocycles. The first-order chi connectivity index (χ1) is 7.42. The van der Waals surface area contributed by atoms with Crippen LogP contribution < -0.4 is 5.32 Å². The van der Waals surface area contributed by atoms with Crippen LogP contribution in [0.15, 0.2) is 18.3 Å². The molecule has 1 aromatic rings. The van der Waals surface area contributed by atoms with E-state index in [-0.39, 0.29) is 11.4 Å². The largest absolute Gasteiger partial charge is 0.351 e. The molecule has 1 aromatic heterocycles. The van der Waals surface area contributed by atoms with Crippen LogP contribution in [-0.4, -0.2) is 22.3 Å². The predicted molar refractivity (Wildman–Crippen MR) is 62.3 cm³/mol. The van der Waals surface area contributed by atoms with Gasteiger partial charge in [-0.2, -0.15) is 0 Å². The summed E-state index contributed by atoms with van der Waals surface area (Å²) in [4.78, 5) is 22.2. The van der Waals surface area contributed by atoms with Crippen molar-refractivity contribution >= 4 is 12.2 Å². The molecule has 4 nitrogen and oxygen atoms in total. The topological polar surface area (TPSA) is 51.1 Å². The van der Waals surface area contributed by atoms with Crippen LogP contribution in [0.1, 0.15) is 37.7 Å². The SMILES string of the molecule is CC(C)(C)NC(=O)CCn1cccc1C=O. The molecular weight excluding hydrogens is 204 g/mol. The number of hydrogen-bond acceptors (Lipinski definition) is 2. The van der Waals surface area contributed by atoms with Crippen LogP contribution in [-0.2, 0) is 11.3 Å². The zero-order valence-corrected chi connectivity index (χ0v) is 9.99. The zero-order chi connectivity index (χ0) is 12.2. The van der Waals surface area contributed by atoms with Gasteiger partial charge in [0.1, 0.15) is 0 Å². The Kier molecular flexibility index (Phi) is 3.88. The van der Waals surface area contributed by atoms with Gasteiger partial charge in [-0.3, -0.25) is 9.59 Å². The van der Waals surface area contributed by atoms with Crippen molar-refractivity contribution in [2.75, 3.05) is 0 Å². The number of amides is 1. The summed E-state index contributed by atoms with van der Waals surface area (Å²) in [5.41, 5.74) is 0.393. The summed E-state index contributed by atoms with van der Waals surface area (Å²) < 4.78 is 1.77. The van der Waals surface area contributed by atoms with Gasteiger partial charge in [-0.1, -0.05) is 0 Å². The molecule has 0 atom stereocenters. The molecule has 1 rings (SSSR count). The van der Waals surface area contributed by atoms with Crippen molar-refractivity contribution in [2.45, 2.75) is 39.3 Å². The monoisotopic (exact) mass is 222 g/mol. The summed E-state index contributed by atoms with van der Waals surface area (Å²) in [6.45, 7) is 6.36. The normalized spacial score (nSPS) is 11.2. The summed E-state index contributed by atoms with van der Waals surface area (Å²) >= 11 is 0. The van der Waals surface area contributed by atoms with Gasteiger partial charge in [0.15, 0.2) is 6.29 Å². The summed E-state index contributed by atoms with van der Waals surface area (Å²) in [6, 6.07) is 3.53. The first kappa shape index (κ1) is 12.5. The zero-order valence-electron chi connectivity index (χ0n) is 9.99. The van der Waals surface area contributed by atoms with Gasteiger partial charge in [-0.15, -0.1) is 0 Å². The van der Waals surface area contributed by atoms with Gasteiger partial charge < -0.3 is 9.88 Å². The van der Waals surface area contributed by atoms with E-state index in [0.717, 1.165) is 6.29 Å². The first-order valence-corrected chi connectivity index (χ1v) is 5.34. The number of aromatic nitrogens is 1. The molecule has 16 heavy (non-hydrogen) atoms. The molecule has 0 aromatic carbocycles. The summed E-state index contributed by atoms with van der Waals surface area (Å²) in [7, 11) is 0. The Morgan fingerprint density at radius 1 is 1.50 bits per heavy atom. The number of carbonyl (C=O) groups is 2. The van der Waals surface area contributed by atoms with E-state index in [1.54, 1.807) is 22.9 Å². The third kappa shape index (κ3) is 3.88. The van der Waals surface area contributed by atoms with Gasteiger partial charge in [0.25, 0.3) is 0 Å². The molecule has 0 saturated heterocycles. The molecule has 0 unspecified atom stereocenters. The molecule has 1 amide bonds. The summed E-state index contributed by atoms with van der Waals surface area (Å²) in [6.07, 6.45) is 2.97. The Hall–Kier alpha value is -1.58. The molecule has 1 N–H and O–H groups in total. The minimum Gasteiger partial charge on any atom is -0.351 e. The Morgan fingerprint density at radius 3 is 2.75 bits per heavy atom. The van der Waals surface area contributed by atoms with Crippen molar-refractivity contribution in [3.63, 3.8) is 0 Å². The lowest BCUT2D eigenvalue weighted by Crippen LogP contribution is -2.40. The van der Waals surface area contributed by atoms with Gasteiger partial charge in [-0.05, 0) is 32.9 Å². The maximum atomic E-state index is 11.5. The quantitative estimate of drug-likeness (QED) is 0.787. The van der Waals surface area contributed by atoms with Crippen LogP contribution in [0.5, 0.6) is 0 Å². The average molecular weight is 222 g/mol. The van der Waals surface area contributed by atoms with Gasteiger partial charge in [0, 0.05) is 24.7 Å². The van der Waals surface area contributed by atoms with Crippen molar-refractivity contribution in [3.8, 4) is 0 Å². The number of hydrogen-bond donors (Lipinski definition) is 1. The number of nitrogens with one attached hydrogen (secondary N) is 1. The molecule has 0 fully saturated rings. The van der Waals surface area contributed by atoms with Gasteiger partial charge in [-0.25, -0.2) is 0 Å². The standard InChI is InChI=1S/C12H18N2O2/c1-12(2,3)13-11(16)6-8-14-7-4-5-10(14)9-15/h4-5,7,9H,6,8H2,1-3H3,(H,13,16). The Labute approximate surface area is 95.6 Å². The second-order valence-electron chi connectivity index (χ2n) is 4.79. The number of nitrogens with zero attached hydrogens (tertiary/aromatic N) is 1. The fourth-order valence-electron chi connectivity index (χ4n) is 1.44. The van der Waals surface area contributed by atoms with Crippen LogP contribution in [0, 0.1) is 0 Å². The van der Waals surface area contributed by atoms with E-state index in [9.17, 15) is 9.59 Å². The Balaban J connectivity index is 2.46. The van der Waals surface area contributed by atoms with E-state index in [1.807, 2.05) is 20.8 Å². The number of carbonyl (C=O) groups excluding carboxylic acids is 2. The van der Waals surface area contributed by atoms with E-state index in [2.05, 4.69) is 5.32 Å². The lowest BCUT2D eigenvalue weighted by molar-refractivity contribution is -0.122. The lowest BCUT2D eigenvalue weighted by Gasteiger charge is -2.20. The van der Waals surface area contributed by atoms with Crippen molar-refractivity contribution < 1.29 is 9.59 Å². The smallest absolute Gasteiger partial charge is 0.222 e.